The second-order valence-electron chi connectivity index (χ2n) is 5.87. The zero-order chi connectivity index (χ0) is 14.8. The van der Waals surface area contributed by atoms with Crippen LogP contribution in [0.25, 0.3) is 0 Å². The maximum atomic E-state index is 9.84. The van der Waals surface area contributed by atoms with E-state index >= 15 is 0 Å². The van der Waals surface area contributed by atoms with E-state index in [1.807, 2.05) is 19.9 Å². The molecular weight excluding hydrogens is 278 g/mol. The van der Waals surface area contributed by atoms with Crippen LogP contribution < -0.4 is 4.90 Å². The summed E-state index contributed by atoms with van der Waals surface area (Å²) < 4.78 is 0. The first-order valence-electron chi connectivity index (χ1n) is 6.84. The van der Waals surface area contributed by atoms with Gasteiger partial charge < -0.3 is 15.1 Å². The average Bonchev–Trinajstić information content (AvgIpc) is 2.38. The Morgan fingerprint density at radius 2 is 1.95 bits per heavy atom. The number of aromatic nitrogens is 1. The molecular formula is C14H22ClN3O2. The summed E-state index contributed by atoms with van der Waals surface area (Å²) in [5.41, 5.74) is 0.0423. The van der Waals surface area contributed by atoms with Crippen molar-refractivity contribution in [3.8, 4) is 0 Å². The monoisotopic (exact) mass is 299 g/mol. The molecule has 0 bridgehead atoms. The van der Waals surface area contributed by atoms with E-state index in [0.717, 1.165) is 32.0 Å². The van der Waals surface area contributed by atoms with Gasteiger partial charge in [-0.2, -0.15) is 0 Å². The van der Waals surface area contributed by atoms with Gasteiger partial charge in [-0.3, -0.25) is 4.90 Å². The van der Waals surface area contributed by atoms with Crippen molar-refractivity contribution in [1.82, 2.24) is 9.88 Å². The molecule has 20 heavy (non-hydrogen) atoms. The van der Waals surface area contributed by atoms with E-state index in [1.54, 1.807) is 6.20 Å². The topological polar surface area (TPSA) is 59.8 Å². The van der Waals surface area contributed by atoms with Crippen molar-refractivity contribution in [2.75, 3.05) is 37.6 Å². The number of rotatable bonds is 4. The molecule has 0 aliphatic carbocycles. The highest BCUT2D eigenvalue weighted by Crippen LogP contribution is 2.21. The SMILES string of the molecule is CC(C)(O)CN1CCN(c2cc(CO)c(Cl)cn2)CC1. The van der Waals surface area contributed by atoms with Crippen molar-refractivity contribution >= 4 is 17.4 Å². The van der Waals surface area contributed by atoms with Crippen LogP contribution in [-0.2, 0) is 6.61 Å². The minimum atomic E-state index is -0.662. The van der Waals surface area contributed by atoms with Crippen LogP contribution >= 0.6 is 11.6 Å². The molecule has 0 aromatic carbocycles. The lowest BCUT2D eigenvalue weighted by atomic mass is 10.1. The number of hydrogen-bond acceptors (Lipinski definition) is 5. The molecule has 0 unspecified atom stereocenters. The Balaban J connectivity index is 1.97. The van der Waals surface area contributed by atoms with E-state index in [-0.39, 0.29) is 6.61 Å². The Hall–Kier alpha value is -0.880. The molecule has 1 saturated heterocycles. The van der Waals surface area contributed by atoms with E-state index in [9.17, 15) is 10.2 Å². The molecule has 1 aliphatic heterocycles. The molecule has 0 amide bonds. The third-order valence-electron chi connectivity index (χ3n) is 3.40. The third-order valence-corrected chi connectivity index (χ3v) is 3.74. The summed E-state index contributed by atoms with van der Waals surface area (Å²) in [5.74, 6) is 0.848. The molecule has 0 radical (unpaired) electrons. The van der Waals surface area contributed by atoms with E-state index < -0.39 is 5.60 Å². The van der Waals surface area contributed by atoms with Gasteiger partial charge in [0, 0.05) is 44.5 Å². The maximum Gasteiger partial charge on any atom is 0.129 e. The molecule has 2 rings (SSSR count). The smallest absolute Gasteiger partial charge is 0.129 e. The lowest BCUT2D eigenvalue weighted by molar-refractivity contribution is 0.0344. The first kappa shape index (κ1) is 15.5. The van der Waals surface area contributed by atoms with Crippen LogP contribution in [0, 0.1) is 0 Å². The molecule has 1 aromatic heterocycles. The van der Waals surface area contributed by atoms with Crippen LogP contribution in [0.3, 0.4) is 0 Å². The summed E-state index contributed by atoms with van der Waals surface area (Å²) in [5, 5.41) is 19.6. The first-order valence-corrected chi connectivity index (χ1v) is 7.22. The highest BCUT2D eigenvalue weighted by atomic mass is 35.5. The fourth-order valence-corrected chi connectivity index (χ4v) is 2.61. The van der Waals surface area contributed by atoms with Crippen molar-refractivity contribution in [1.29, 1.82) is 0 Å². The summed E-state index contributed by atoms with van der Waals surface area (Å²) in [4.78, 5) is 8.75. The fourth-order valence-electron chi connectivity index (χ4n) is 2.44. The number of pyridine rings is 1. The van der Waals surface area contributed by atoms with Gasteiger partial charge in [-0.15, -0.1) is 0 Å². The summed E-state index contributed by atoms with van der Waals surface area (Å²) in [6.45, 7) is 7.75. The van der Waals surface area contributed by atoms with E-state index in [1.165, 1.54) is 0 Å². The van der Waals surface area contributed by atoms with Crippen LogP contribution in [0.15, 0.2) is 12.3 Å². The normalized spacial score (nSPS) is 17.6. The summed E-state index contributed by atoms with van der Waals surface area (Å²) in [7, 11) is 0. The average molecular weight is 300 g/mol. The molecule has 2 heterocycles. The molecule has 2 N–H and O–H groups in total. The van der Waals surface area contributed by atoms with Gasteiger partial charge in [-0.05, 0) is 19.9 Å². The maximum absolute atomic E-state index is 9.84. The van der Waals surface area contributed by atoms with Crippen LogP contribution in [0.2, 0.25) is 5.02 Å². The van der Waals surface area contributed by atoms with Gasteiger partial charge in [-0.25, -0.2) is 4.98 Å². The fraction of sp³-hybridized carbons (Fsp3) is 0.643. The zero-order valence-corrected chi connectivity index (χ0v) is 12.8. The second kappa shape index (κ2) is 6.26. The van der Waals surface area contributed by atoms with Gasteiger partial charge >= 0.3 is 0 Å². The predicted molar refractivity (Wildman–Crippen MR) is 80.1 cm³/mol. The Morgan fingerprint density at radius 1 is 1.30 bits per heavy atom. The number of anilines is 1. The Morgan fingerprint density at radius 3 is 2.50 bits per heavy atom. The minimum absolute atomic E-state index is 0.0764. The number of halogens is 1. The van der Waals surface area contributed by atoms with Crippen molar-refractivity contribution in [2.24, 2.45) is 0 Å². The lowest BCUT2D eigenvalue weighted by Gasteiger charge is -2.37. The van der Waals surface area contributed by atoms with Gasteiger partial charge in [0.1, 0.15) is 5.82 Å². The molecule has 1 aliphatic rings. The van der Waals surface area contributed by atoms with Gasteiger partial charge in [0.25, 0.3) is 0 Å². The minimum Gasteiger partial charge on any atom is -0.392 e. The number of piperazine rings is 1. The van der Waals surface area contributed by atoms with E-state index in [4.69, 9.17) is 11.6 Å². The van der Waals surface area contributed by atoms with Crippen LogP contribution in [0.4, 0.5) is 5.82 Å². The van der Waals surface area contributed by atoms with Crippen LogP contribution in [0.1, 0.15) is 19.4 Å². The van der Waals surface area contributed by atoms with Gasteiger partial charge in [0.05, 0.1) is 17.2 Å². The number of aliphatic hydroxyl groups is 2. The quantitative estimate of drug-likeness (QED) is 0.872. The predicted octanol–water partition coefficient (Wildman–Crippen LogP) is 1.12. The van der Waals surface area contributed by atoms with Gasteiger partial charge in [-0.1, -0.05) is 11.6 Å². The molecule has 6 heteroatoms. The second-order valence-corrected chi connectivity index (χ2v) is 6.27. The molecule has 0 atom stereocenters. The summed E-state index contributed by atoms with van der Waals surface area (Å²) in [6.07, 6.45) is 1.59. The molecule has 112 valence electrons. The number of nitrogens with zero attached hydrogens (tertiary/aromatic N) is 3. The molecule has 1 aromatic rings. The van der Waals surface area contributed by atoms with Gasteiger partial charge in [0.2, 0.25) is 0 Å². The third kappa shape index (κ3) is 4.06. The van der Waals surface area contributed by atoms with Gasteiger partial charge in [0.15, 0.2) is 0 Å². The zero-order valence-electron chi connectivity index (χ0n) is 12.0. The number of β-amino-alcohol motifs (C(OH)–C–C–N with tert-alkyl or cyclic N) is 1. The number of aliphatic hydroxyl groups excluding tert-OH is 1. The molecule has 1 fully saturated rings. The van der Waals surface area contributed by atoms with E-state index in [2.05, 4.69) is 14.8 Å². The highest BCUT2D eigenvalue weighted by molar-refractivity contribution is 6.31. The number of hydrogen-bond donors (Lipinski definition) is 2. The molecule has 0 saturated carbocycles. The highest BCUT2D eigenvalue weighted by Gasteiger charge is 2.23. The van der Waals surface area contributed by atoms with Crippen molar-refractivity contribution < 1.29 is 10.2 Å². The Kier molecular flexibility index (Phi) is 4.86. The Labute approximate surface area is 124 Å². The standard InChI is InChI=1S/C14H22ClN3O2/c1-14(2,20)10-17-3-5-18(6-4-17)13-7-11(9-19)12(15)8-16-13/h7-8,19-20H,3-6,9-10H2,1-2H3. The van der Waals surface area contributed by atoms with Crippen LogP contribution in [-0.4, -0.2) is 58.4 Å². The summed E-state index contributed by atoms with van der Waals surface area (Å²) in [6, 6.07) is 1.84. The first-order chi connectivity index (χ1) is 9.39. The lowest BCUT2D eigenvalue weighted by Crippen LogP contribution is -2.50. The van der Waals surface area contributed by atoms with Crippen molar-refractivity contribution in [2.45, 2.75) is 26.1 Å². The van der Waals surface area contributed by atoms with E-state index in [0.29, 0.717) is 17.1 Å². The van der Waals surface area contributed by atoms with Crippen LogP contribution in [0.5, 0.6) is 0 Å². The van der Waals surface area contributed by atoms with Crippen molar-refractivity contribution in [3.63, 3.8) is 0 Å². The molecule has 5 nitrogen and oxygen atoms in total. The van der Waals surface area contributed by atoms with Crippen molar-refractivity contribution in [3.05, 3.63) is 22.8 Å². The largest absolute Gasteiger partial charge is 0.392 e. The summed E-state index contributed by atoms with van der Waals surface area (Å²) >= 11 is 5.95. The Bertz CT molecular complexity index is 454. The molecule has 0 spiro atoms.